The predicted octanol–water partition coefficient (Wildman–Crippen LogP) is 4.38. The van der Waals surface area contributed by atoms with E-state index in [0.29, 0.717) is 52.0 Å². The van der Waals surface area contributed by atoms with Crippen molar-refractivity contribution in [3.05, 3.63) is 77.9 Å². The Bertz CT molecular complexity index is 1250. The average Bonchev–Trinajstić information content (AvgIpc) is 3.07. The molecular weight excluding hydrogens is 454 g/mol. The van der Waals surface area contributed by atoms with E-state index in [-0.39, 0.29) is 24.2 Å². The van der Waals surface area contributed by atoms with E-state index in [1.807, 2.05) is 42.5 Å². The van der Waals surface area contributed by atoms with Gasteiger partial charge < -0.3 is 14.7 Å². The Balaban J connectivity index is 1.35. The van der Waals surface area contributed by atoms with Gasteiger partial charge in [-0.25, -0.2) is 4.79 Å². The Morgan fingerprint density at radius 3 is 2.39 bits per heavy atom. The summed E-state index contributed by atoms with van der Waals surface area (Å²) in [6.45, 7) is 3.44. The van der Waals surface area contributed by atoms with Crippen molar-refractivity contribution in [2.45, 2.75) is 37.9 Å². The molecule has 2 fully saturated rings. The highest BCUT2D eigenvalue weighted by Gasteiger charge is 2.57. The van der Waals surface area contributed by atoms with Crippen LogP contribution < -0.4 is 0 Å². The Labute approximate surface area is 211 Å². The molecule has 3 aromatic carbocycles. The molecule has 5 rings (SSSR count). The average molecular weight is 488 g/mol. The van der Waals surface area contributed by atoms with Crippen molar-refractivity contribution in [3.8, 4) is 5.75 Å². The number of methoxy groups -OCH3 is 1. The van der Waals surface area contributed by atoms with Gasteiger partial charge in [0.2, 0.25) is 0 Å². The summed E-state index contributed by atoms with van der Waals surface area (Å²) in [7, 11) is 1.65. The molecule has 1 spiro atoms. The van der Waals surface area contributed by atoms with Crippen molar-refractivity contribution < 1.29 is 19.4 Å². The zero-order chi connectivity index (χ0) is 25.1. The van der Waals surface area contributed by atoms with E-state index in [2.05, 4.69) is 17.0 Å². The quantitative estimate of drug-likeness (QED) is 0.377. The van der Waals surface area contributed by atoms with Crippen LogP contribution in [-0.2, 0) is 22.6 Å². The first-order valence-corrected chi connectivity index (χ1v) is 12.6. The number of likely N-dealkylation sites (tertiary alicyclic amines) is 1. The number of ether oxygens (including phenoxy) is 1. The minimum Gasteiger partial charge on any atom is -0.508 e. The van der Waals surface area contributed by atoms with Gasteiger partial charge in [0.1, 0.15) is 11.3 Å². The number of hydrogen-bond donors (Lipinski definition) is 1. The lowest BCUT2D eigenvalue weighted by Crippen LogP contribution is -2.56. The van der Waals surface area contributed by atoms with Crippen LogP contribution in [0.25, 0.3) is 10.8 Å². The fraction of sp³-hybridized carbons (Fsp3) is 0.379. The smallest absolute Gasteiger partial charge is 0.327 e. The minimum absolute atomic E-state index is 0.0879. The molecule has 3 aromatic rings. The van der Waals surface area contributed by atoms with Crippen LogP contribution in [0.4, 0.5) is 4.79 Å². The van der Waals surface area contributed by atoms with Crippen LogP contribution in [0.1, 0.15) is 30.4 Å². The molecule has 188 valence electrons. The van der Waals surface area contributed by atoms with Gasteiger partial charge in [0.25, 0.3) is 5.91 Å². The summed E-state index contributed by atoms with van der Waals surface area (Å²) in [5.74, 6) is 0.168. The second-order valence-corrected chi connectivity index (χ2v) is 9.83. The summed E-state index contributed by atoms with van der Waals surface area (Å²) in [5.41, 5.74) is 1.18. The molecule has 0 aliphatic carbocycles. The maximum Gasteiger partial charge on any atom is 0.327 e. The van der Waals surface area contributed by atoms with Gasteiger partial charge in [-0.15, -0.1) is 0 Å². The number of hydrogen-bond acceptors (Lipinski definition) is 5. The highest BCUT2D eigenvalue weighted by Crippen LogP contribution is 2.38. The van der Waals surface area contributed by atoms with E-state index in [9.17, 15) is 14.7 Å². The Hall–Kier alpha value is -3.42. The third-order valence-electron chi connectivity index (χ3n) is 7.51. The van der Waals surface area contributed by atoms with Crippen molar-refractivity contribution in [2.24, 2.45) is 0 Å². The monoisotopic (exact) mass is 487 g/mol. The van der Waals surface area contributed by atoms with Gasteiger partial charge in [0.15, 0.2) is 0 Å². The molecule has 0 radical (unpaired) electrons. The van der Waals surface area contributed by atoms with Gasteiger partial charge >= 0.3 is 6.03 Å². The van der Waals surface area contributed by atoms with E-state index in [0.717, 1.165) is 21.9 Å². The third kappa shape index (κ3) is 4.68. The molecule has 0 saturated carbocycles. The molecule has 0 aromatic heterocycles. The number of amides is 3. The number of nitrogens with zero attached hydrogens (tertiary/aromatic N) is 3. The summed E-state index contributed by atoms with van der Waals surface area (Å²) in [6.07, 6.45) is 1.88. The molecule has 2 aliphatic rings. The number of imide groups is 1. The van der Waals surface area contributed by atoms with E-state index in [4.69, 9.17) is 4.74 Å². The molecule has 7 heteroatoms. The lowest BCUT2D eigenvalue weighted by molar-refractivity contribution is -0.136. The maximum atomic E-state index is 13.9. The first-order chi connectivity index (χ1) is 17.5. The Kier molecular flexibility index (Phi) is 6.94. The molecule has 7 nitrogen and oxygen atoms in total. The molecular formula is C29H33N3O4. The number of fused-ring (bicyclic) bond motifs is 1. The van der Waals surface area contributed by atoms with Crippen molar-refractivity contribution >= 4 is 22.7 Å². The number of carbonyl (C=O) groups is 2. The fourth-order valence-electron chi connectivity index (χ4n) is 5.60. The minimum atomic E-state index is -0.809. The van der Waals surface area contributed by atoms with Crippen molar-refractivity contribution in [1.29, 1.82) is 0 Å². The number of phenols is 1. The fourth-order valence-corrected chi connectivity index (χ4v) is 5.60. The molecule has 2 heterocycles. The topological polar surface area (TPSA) is 73.3 Å². The summed E-state index contributed by atoms with van der Waals surface area (Å²) in [6, 6.07) is 21.3. The molecule has 2 aliphatic heterocycles. The normalized spacial score (nSPS) is 18.0. The Morgan fingerprint density at radius 1 is 0.889 bits per heavy atom. The lowest BCUT2D eigenvalue weighted by atomic mass is 9.85. The molecule has 0 atom stereocenters. The summed E-state index contributed by atoms with van der Waals surface area (Å²) in [4.78, 5) is 33.0. The lowest BCUT2D eigenvalue weighted by Gasteiger charge is -2.42. The van der Waals surface area contributed by atoms with Gasteiger partial charge in [-0.05, 0) is 59.4 Å². The van der Waals surface area contributed by atoms with Gasteiger partial charge in [-0.3, -0.25) is 14.6 Å². The number of benzene rings is 3. The van der Waals surface area contributed by atoms with Crippen LogP contribution in [0.3, 0.4) is 0 Å². The van der Waals surface area contributed by atoms with E-state index < -0.39 is 5.54 Å². The van der Waals surface area contributed by atoms with Crippen LogP contribution in [0, 0.1) is 0 Å². The van der Waals surface area contributed by atoms with Crippen LogP contribution in [0.5, 0.6) is 5.75 Å². The van der Waals surface area contributed by atoms with E-state index in [1.54, 1.807) is 24.1 Å². The second kappa shape index (κ2) is 10.3. The van der Waals surface area contributed by atoms with E-state index >= 15 is 0 Å². The van der Waals surface area contributed by atoms with Gasteiger partial charge in [0, 0.05) is 39.9 Å². The second-order valence-electron chi connectivity index (χ2n) is 9.83. The van der Waals surface area contributed by atoms with Crippen LogP contribution >= 0.6 is 0 Å². The number of urea groups is 1. The number of piperidine rings is 1. The summed E-state index contributed by atoms with van der Waals surface area (Å²) >= 11 is 0. The standard InChI is InChI=1S/C29H33N3O4/c1-36-17-5-14-32-28(35)31(21-23-10-11-24-7-2-3-8-25(24)18-23)27(34)29(32)12-15-30(16-13-29)20-22-6-4-9-26(33)19-22/h2-4,6-11,18-19,33H,5,12-17,20-21H2,1H3. The molecule has 2 saturated heterocycles. The molecule has 1 N–H and O–H groups in total. The van der Waals surface area contributed by atoms with Crippen molar-refractivity contribution in [1.82, 2.24) is 14.7 Å². The molecule has 0 unspecified atom stereocenters. The van der Waals surface area contributed by atoms with Gasteiger partial charge in [0.05, 0.1) is 6.54 Å². The summed E-state index contributed by atoms with van der Waals surface area (Å²) < 4.78 is 5.23. The maximum absolute atomic E-state index is 13.9. The highest BCUT2D eigenvalue weighted by atomic mass is 16.5. The van der Waals surface area contributed by atoms with Gasteiger partial charge in [-0.2, -0.15) is 0 Å². The predicted molar refractivity (Wildman–Crippen MR) is 138 cm³/mol. The van der Waals surface area contributed by atoms with Crippen LogP contribution in [-0.4, -0.2) is 70.6 Å². The third-order valence-corrected chi connectivity index (χ3v) is 7.51. The van der Waals surface area contributed by atoms with Crippen LogP contribution in [0.15, 0.2) is 66.7 Å². The zero-order valence-electron chi connectivity index (χ0n) is 20.7. The zero-order valence-corrected chi connectivity index (χ0v) is 20.7. The Morgan fingerprint density at radius 2 is 1.64 bits per heavy atom. The van der Waals surface area contributed by atoms with Crippen molar-refractivity contribution in [3.63, 3.8) is 0 Å². The SMILES string of the molecule is COCCCN1C(=O)N(Cc2ccc3ccccc3c2)C(=O)C12CCN(Cc1cccc(O)c1)CC2. The number of phenolic OH excluding ortho intramolecular Hbond substituents is 1. The van der Waals surface area contributed by atoms with Crippen LogP contribution in [0.2, 0.25) is 0 Å². The molecule has 36 heavy (non-hydrogen) atoms. The molecule has 3 amide bonds. The number of carbonyl (C=O) groups excluding carboxylic acids is 2. The van der Waals surface area contributed by atoms with Gasteiger partial charge in [-0.1, -0.05) is 48.5 Å². The largest absolute Gasteiger partial charge is 0.508 e. The number of aromatic hydroxyl groups is 1. The highest BCUT2D eigenvalue weighted by molar-refractivity contribution is 6.07. The van der Waals surface area contributed by atoms with E-state index in [1.165, 1.54) is 4.90 Å². The molecule has 0 bridgehead atoms. The first kappa shape index (κ1) is 24.3. The first-order valence-electron chi connectivity index (χ1n) is 12.6. The summed E-state index contributed by atoms with van der Waals surface area (Å²) in [5, 5.41) is 12.0. The van der Waals surface area contributed by atoms with Crippen molar-refractivity contribution in [2.75, 3.05) is 33.4 Å². The number of rotatable bonds is 8.